The molecule has 1 saturated carbocycles. The highest BCUT2D eigenvalue weighted by molar-refractivity contribution is 5.80. The minimum Gasteiger partial charge on any atom is -0.341 e. The van der Waals surface area contributed by atoms with Gasteiger partial charge in [0.2, 0.25) is 5.91 Å². The van der Waals surface area contributed by atoms with E-state index in [2.05, 4.69) is 11.9 Å². The van der Waals surface area contributed by atoms with Crippen LogP contribution in [-0.4, -0.2) is 33.4 Å². The summed E-state index contributed by atoms with van der Waals surface area (Å²) in [6.07, 6.45) is 5.92. The molecule has 2 unspecified atom stereocenters. The fraction of sp³-hybridized carbons (Fsp3) is 0.500. The van der Waals surface area contributed by atoms with Crippen molar-refractivity contribution in [3.05, 3.63) is 40.8 Å². The number of hydrogen-bond donors (Lipinski definition) is 0. The van der Waals surface area contributed by atoms with E-state index in [1.165, 1.54) is 30.0 Å². The standard InChI is InChI=1S/C18H23N3O2/c1-13-7-3-5-9-15(13)20(2)18(23)12-21-16-10-6-4-8-14(16)19-11-17(21)22/h4,6,8,10-11,13,15H,3,5,7,9,12H2,1-2H3. The van der Waals surface area contributed by atoms with Gasteiger partial charge in [-0.1, -0.05) is 31.9 Å². The summed E-state index contributed by atoms with van der Waals surface area (Å²) in [6, 6.07) is 7.70. The molecule has 1 amide bonds. The second-order valence-corrected chi connectivity index (χ2v) is 6.51. The number of carbonyl (C=O) groups is 1. The molecule has 2 aromatic rings. The lowest BCUT2D eigenvalue weighted by Crippen LogP contribution is -2.44. The Hall–Kier alpha value is -2.17. The number of hydrogen-bond acceptors (Lipinski definition) is 3. The highest BCUT2D eigenvalue weighted by Crippen LogP contribution is 2.27. The van der Waals surface area contributed by atoms with Gasteiger partial charge >= 0.3 is 0 Å². The zero-order valence-electron chi connectivity index (χ0n) is 13.7. The van der Waals surface area contributed by atoms with Crippen LogP contribution < -0.4 is 5.56 Å². The van der Waals surface area contributed by atoms with Crippen molar-refractivity contribution < 1.29 is 4.79 Å². The average Bonchev–Trinajstić information content (AvgIpc) is 2.57. The van der Waals surface area contributed by atoms with Gasteiger partial charge in [-0.3, -0.25) is 14.2 Å². The summed E-state index contributed by atoms with van der Waals surface area (Å²) < 4.78 is 1.52. The summed E-state index contributed by atoms with van der Waals surface area (Å²) in [5.41, 5.74) is 1.20. The van der Waals surface area contributed by atoms with Crippen LogP contribution >= 0.6 is 0 Å². The predicted octanol–water partition coefficient (Wildman–Crippen LogP) is 2.43. The Balaban J connectivity index is 1.85. The first-order valence-corrected chi connectivity index (χ1v) is 8.28. The van der Waals surface area contributed by atoms with Crippen LogP contribution in [0.3, 0.4) is 0 Å². The quantitative estimate of drug-likeness (QED) is 0.874. The molecule has 1 aliphatic rings. The lowest BCUT2D eigenvalue weighted by molar-refractivity contribution is -0.134. The minimum absolute atomic E-state index is 0.0118. The zero-order chi connectivity index (χ0) is 16.4. The van der Waals surface area contributed by atoms with E-state index in [9.17, 15) is 9.59 Å². The number of likely N-dealkylation sites (N-methyl/N-ethyl adjacent to an activating group) is 1. The van der Waals surface area contributed by atoms with Crippen LogP contribution in [0.15, 0.2) is 35.3 Å². The van der Waals surface area contributed by atoms with E-state index >= 15 is 0 Å². The van der Waals surface area contributed by atoms with Gasteiger partial charge in [-0.25, -0.2) is 4.98 Å². The second-order valence-electron chi connectivity index (χ2n) is 6.51. The molecule has 2 atom stereocenters. The van der Waals surface area contributed by atoms with Gasteiger partial charge in [0, 0.05) is 13.1 Å². The molecule has 0 N–H and O–H groups in total. The summed E-state index contributed by atoms with van der Waals surface area (Å²) >= 11 is 0. The maximum Gasteiger partial charge on any atom is 0.269 e. The summed E-state index contributed by atoms with van der Waals surface area (Å²) in [4.78, 5) is 30.8. The number of para-hydroxylation sites is 2. The monoisotopic (exact) mass is 313 g/mol. The van der Waals surface area contributed by atoms with Crippen LogP contribution in [0.2, 0.25) is 0 Å². The molecule has 0 aliphatic heterocycles. The molecule has 1 fully saturated rings. The highest BCUT2D eigenvalue weighted by Gasteiger charge is 2.28. The van der Waals surface area contributed by atoms with Crippen molar-refractivity contribution in [2.24, 2.45) is 5.92 Å². The van der Waals surface area contributed by atoms with E-state index in [0.717, 1.165) is 11.9 Å². The molecule has 5 heteroatoms. The van der Waals surface area contributed by atoms with Gasteiger partial charge in [-0.2, -0.15) is 0 Å². The fourth-order valence-electron chi connectivity index (χ4n) is 3.58. The number of aromatic nitrogens is 2. The number of carbonyl (C=O) groups excluding carboxylic acids is 1. The molecular weight excluding hydrogens is 290 g/mol. The third-order valence-electron chi connectivity index (χ3n) is 5.00. The van der Waals surface area contributed by atoms with Crippen LogP contribution in [0.25, 0.3) is 11.0 Å². The second kappa shape index (κ2) is 6.52. The summed E-state index contributed by atoms with van der Waals surface area (Å²) in [6.45, 7) is 2.28. The number of nitrogens with zero attached hydrogens (tertiary/aromatic N) is 3. The normalized spacial score (nSPS) is 21.3. The minimum atomic E-state index is -0.234. The van der Waals surface area contributed by atoms with Gasteiger partial charge in [0.05, 0.1) is 17.2 Å². The molecule has 1 heterocycles. The molecule has 1 aliphatic carbocycles. The lowest BCUT2D eigenvalue weighted by atomic mass is 9.85. The van der Waals surface area contributed by atoms with E-state index in [1.54, 1.807) is 0 Å². The fourth-order valence-corrected chi connectivity index (χ4v) is 3.58. The van der Waals surface area contributed by atoms with Gasteiger partial charge in [0.1, 0.15) is 6.54 Å². The van der Waals surface area contributed by atoms with Crippen molar-refractivity contribution >= 4 is 16.9 Å². The van der Waals surface area contributed by atoms with E-state index in [-0.39, 0.29) is 24.1 Å². The average molecular weight is 313 g/mol. The van der Waals surface area contributed by atoms with Gasteiger partial charge in [0.25, 0.3) is 5.56 Å². The lowest BCUT2D eigenvalue weighted by Gasteiger charge is -2.36. The maximum absolute atomic E-state index is 12.7. The van der Waals surface area contributed by atoms with Crippen molar-refractivity contribution in [2.45, 2.75) is 45.2 Å². The third-order valence-corrected chi connectivity index (χ3v) is 5.00. The van der Waals surface area contributed by atoms with Crippen molar-refractivity contribution in [1.82, 2.24) is 14.5 Å². The summed E-state index contributed by atoms with van der Waals surface area (Å²) in [5, 5.41) is 0. The van der Waals surface area contributed by atoms with Crippen LogP contribution in [0.5, 0.6) is 0 Å². The molecule has 0 saturated heterocycles. The summed E-state index contributed by atoms with van der Waals surface area (Å²) in [5.74, 6) is 0.505. The number of rotatable bonds is 3. The number of benzene rings is 1. The Morgan fingerprint density at radius 1 is 1.30 bits per heavy atom. The number of amides is 1. The molecule has 3 rings (SSSR count). The topological polar surface area (TPSA) is 55.2 Å². The Morgan fingerprint density at radius 3 is 2.83 bits per heavy atom. The van der Waals surface area contributed by atoms with Gasteiger partial charge in [-0.05, 0) is 30.9 Å². The Labute approximate surface area is 135 Å². The first-order chi connectivity index (χ1) is 11.1. The first kappa shape index (κ1) is 15.7. The molecule has 122 valence electrons. The highest BCUT2D eigenvalue weighted by atomic mass is 16.2. The molecule has 0 spiro atoms. The number of fused-ring (bicyclic) bond motifs is 1. The van der Waals surface area contributed by atoms with Gasteiger partial charge in [0.15, 0.2) is 0 Å². The third kappa shape index (κ3) is 3.14. The zero-order valence-corrected chi connectivity index (χ0v) is 13.7. The van der Waals surface area contributed by atoms with Crippen molar-refractivity contribution in [2.75, 3.05) is 7.05 Å². The SMILES string of the molecule is CC1CCCCC1N(C)C(=O)Cn1c(=O)cnc2ccccc21. The first-order valence-electron chi connectivity index (χ1n) is 8.28. The van der Waals surface area contributed by atoms with Crippen molar-refractivity contribution in [1.29, 1.82) is 0 Å². The van der Waals surface area contributed by atoms with Crippen LogP contribution in [-0.2, 0) is 11.3 Å². The van der Waals surface area contributed by atoms with E-state index < -0.39 is 0 Å². The molecule has 1 aromatic carbocycles. The molecule has 23 heavy (non-hydrogen) atoms. The van der Waals surface area contributed by atoms with Crippen LogP contribution in [0.1, 0.15) is 32.6 Å². The van der Waals surface area contributed by atoms with Gasteiger partial charge < -0.3 is 4.90 Å². The van der Waals surface area contributed by atoms with E-state index in [0.29, 0.717) is 11.4 Å². The maximum atomic E-state index is 12.7. The molecule has 5 nitrogen and oxygen atoms in total. The Bertz CT molecular complexity index is 768. The van der Waals surface area contributed by atoms with E-state index in [4.69, 9.17) is 0 Å². The molecule has 0 bridgehead atoms. The molecule has 1 aromatic heterocycles. The molecular formula is C18H23N3O2. The van der Waals surface area contributed by atoms with Crippen LogP contribution in [0.4, 0.5) is 0 Å². The smallest absolute Gasteiger partial charge is 0.269 e. The Morgan fingerprint density at radius 2 is 2.04 bits per heavy atom. The molecule has 0 radical (unpaired) electrons. The van der Waals surface area contributed by atoms with Crippen molar-refractivity contribution in [3.63, 3.8) is 0 Å². The largest absolute Gasteiger partial charge is 0.341 e. The van der Waals surface area contributed by atoms with Crippen LogP contribution in [0, 0.1) is 5.92 Å². The Kier molecular flexibility index (Phi) is 4.46. The van der Waals surface area contributed by atoms with Crippen molar-refractivity contribution in [3.8, 4) is 0 Å². The summed E-state index contributed by atoms with van der Waals surface area (Å²) in [7, 11) is 1.86. The predicted molar refractivity (Wildman–Crippen MR) is 90.2 cm³/mol. The van der Waals surface area contributed by atoms with Gasteiger partial charge in [-0.15, -0.1) is 0 Å². The van der Waals surface area contributed by atoms with E-state index in [1.807, 2.05) is 36.2 Å².